The van der Waals surface area contributed by atoms with Crippen LogP contribution in [0.3, 0.4) is 0 Å². The molecule has 0 spiro atoms. The Labute approximate surface area is 121 Å². The highest BCUT2D eigenvalue weighted by Gasteiger charge is 2.38. The number of amides is 2. The predicted molar refractivity (Wildman–Crippen MR) is 77.1 cm³/mol. The normalized spacial score (nSPS) is 19.3. The van der Waals surface area contributed by atoms with Crippen molar-refractivity contribution in [3.05, 3.63) is 23.2 Å². The molecule has 0 aliphatic carbocycles. The lowest BCUT2D eigenvalue weighted by molar-refractivity contribution is -0.138. The van der Waals surface area contributed by atoms with Gasteiger partial charge in [0.15, 0.2) is 0 Å². The standard InChI is InChI=1S/C13H15ClN2O2S/c1-2-5-16-12(17)7-11(13(16)18)19-8-3-4-10(15)9(14)6-8/h3-4,6,11H,2,5,7,15H2,1H3. The maximum absolute atomic E-state index is 12.1. The number of imide groups is 1. The summed E-state index contributed by atoms with van der Waals surface area (Å²) >= 11 is 7.31. The maximum Gasteiger partial charge on any atom is 0.243 e. The highest BCUT2D eigenvalue weighted by atomic mass is 35.5. The Morgan fingerprint density at radius 2 is 2.21 bits per heavy atom. The third-order valence-corrected chi connectivity index (χ3v) is 4.41. The molecule has 2 rings (SSSR count). The molecule has 1 saturated heterocycles. The van der Waals surface area contributed by atoms with E-state index < -0.39 is 0 Å². The second-order valence-electron chi connectivity index (χ2n) is 4.38. The zero-order chi connectivity index (χ0) is 14.0. The summed E-state index contributed by atoms with van der Waals surface area (Å²) in [5.41, 5.74) is 6.14. The summed E-state index contributed by atoms with van der Waals surface area (Å²) in [7, 11) is 0. The molecule has 1 atom stereocenters. The van der Waals surface area contributed by atoms with Crippen LogP contribution in [0.2, 0.25) is 5.02 Å². The smallest absolute Gasteiger partial charge is 0.243 e. The molecule has 1 aromatic carbocycles. The van der Waals surface area contributed by atoms with Crippen molar-refractivity contribution in [3.8, 4) is 0 Å². The molecule has 19 heavy (non-hydrogen) atoms. The van der Waals surface area contributed by atoms with Crippen molar-refractivity contribution in [2.45, 2.75) is 29.9 Å². The lowest BCUT2D eigenvalue weighted by Gasteiger charge is -2.13. The summed E-state index contributed by atoms with van der Waals surface area (Å²) in [5.74, 6) is -0.198. The van der Waals surface area contributed by atoms with E-state index in [1.165, 1.54) is 16.7 Å². The summed E-state index contributed by atoms with van der Waals surface area (Å²) < 4.78 is 0. The molecule has 102 valence electrons. The van der Waals surface area contributed by atoms with Crippen LogP contribution in [0.15, 0.2) is 23.1 Å². The van der Waals surface area contributed by atoms with Crippen LogP contribution in [-0.2, 0) is 9.59 Å². The summed E-state index contributed by atoms with van der Waals surface area (Å²) in [5, 5.41) is 0.117. The van der Waals surface area contributed by atoms with Gasteiger partial charge in [-0.2, -0.15) is 0 Å². The van der Waals surface area contributed by atoms with Gasteiger partial charge >= 0.3 is 0 Å². The number of nitrogens with zero attached hydrogens (tertiary/aromatic N) is 1. The fourth-order valence-corrected chi connectivity index (χ4v) is 3.31. The van der Waals surface area contributed by atoms with Gasteiger partial charge < -0.3 is 5.73 Å². The van der Waals surface area contributed by atoms with E-state index in [-0.39, 0.29) is 23.5 Å². The summed E-state index contributed by atoms with van der Waals surface area (Å²) in [6.07, 6.45) is 1.04. The van der Waals surface area contributed by atoms with Gasteiger partial charge in [0.2, 0.25) is 11.8 Å². The Morgan fingerprint density at radius 1 is 1.47 bits per heavy atom. The molecule has 1 aromatic rings. The van der Waals surface area contributed by atoms with Crippen molar-refractivity contribution in [1.82, 2.24) is 4.90 Å². The van der Waals surface area contributed by atoms with Gasteiger partial charge in [-0.25, -0.2) is 0 Å². The van der Waals surface area contributed by atoms with Gasteiger partial charge in [0.05, 0.1) is 16.0 Å². The maximum atomic E-state index is 12.1. The molecule has 1 aliphatic heterocycles. The Kier molecular flexibility index (Phi) is 4.37. The van der Waals surface area contributed by atoms with E-state index >= 15 is 0 Å². The fraction of sp³-hybridized carbons (Fsp3) is 0.385. The summed E-state index contributed by atoms with van der Waals surface area (Å²) in [4.78, 5) is 26.0. The van der Waals surface area contributed by atoms with E-state index in [9.17, 15) is 9.59 Å². The van der Waals surface area contributed by atoms with Gasteiger partial charge in [0.25, 0.3) is 0 Å². The second-order valence-corrected chi connectivity index (χ2v) is 6.06. The Bertz CT molecular complexity index is 521. The molecule has 6 heteroatoms. The summed E-state index contributed by atoms with van der Waals surface area (Å²) in [6.45, 7) is 2.44. The zero-order valence-electron chi connectivity index (χ0n) is 10.6. The van der Waals surface area contributed by atoms with Crippen LogP contribution in [0.4, 0.5) is 5.69 Å². The predicted octanol–water partition coefficient (Wildman–Crippen LogP) is 2.55. The highest BCUT2D eigenvalue weighted by Crippen LogP contribution is 2.34. The van der Waals surface area contributed by atoms with Crippen LogP contribution >= 0.6 is 23.4 Å². The third-order valence-electron chi connectivity index (χ3n) is 2.90. The number of benzene rings is 1. The van der Waals surface area contributed by atoms with Crippen LogP contribution in [-0.4, -0.2) is 28.5 Å². The summed E-state index contributed by atoms with van der Waals surface area (Å²) in [6, 6.07) is 5.24. The minimum absolute atomic E-state index is 0.0918. The Hall–Kier alpha value is -1.20. The van der Waals surface area contributed by atoms with Crippen molar-refractivity contribution in [2.24, 2.45) is 0 Å². The van der Waals surface area contributed by atoms with E-state index in [1.807, 2.05) is 13.0 Å². The van der Waals surface area contributed by atoms with Crippen molar-refractivity contribution >= 4 is 40.9 Å². The number of nitrogen functional groups attached to an aromatic ring is 1. The molecule has 2 N–H and O–H groups in total. The minimum atomic E-state index is -0.348. The number of carbonyl (C=O) groups is 2. The van der Waals surface area contributed by atoms with Gasteiger partial charge in [-0.1, -0.05) is 18.5 Å². The largest absolute Gasteiger partial charge is 0.398 e. The molecule has 1 fully saturated rings. The van der Waals surface area contributed by atoms with Crippen LogP contribution in [0.5, 0.6) is 0 Å². The highest BCUT2D eigenvalue weighted by molar-refractivity contribution is 8.00. The SMILES string of the molecule is CCCN1C(=O)CC(Sc2ccc(N)c(Cl)c2)C1=O. The van der Waals surface area contributed by atoms with Crippen LogP contribution in [0.25, 0.3) is 0 Å². The van der Waals surface area contributed by atoms with E-state index in [0.717, 1.165) is 11.3 Å². The molecule has 0 radical (unpaired) electrons. The topological polar surface area (TPSA) is 63.4 Å². The zero-order valence-corrected chi connectivity index (χ0v) is 12.1. The number of anilines is 1. The van der Waals surface area contributed by atoms with E-state index in [1.54, 1.807) is 12.1 Å². The molecule has 1 heterocycles. The second kappa shape index (κ2) is 5.84. The number of thioether (sulfide) groups is 1. The lowest BCUT2D eigenvalue weighted by Crippen LogP contribution is -2.31. The molecule has 0 aromatic heterocycles. The molecule has 4 nitrogen and oxygen atoms in total. The van der Waals surface area contributed by atoms with Gasteiger partial charge in [0, 0.05) is 17.9 Å². The molecular formula is C13H15ClN2O2S. The monoisotopic (exact) mass is 298 g/mol. The fourth-order valence-electron chi connectivity index (χ4n) is 1.95. The number of nitrogens with two attached hydrogens (primary N) is 1. The van der Waals surface area contributed by atoms with Crippen molar-refractivity contribution in [2.75, 3.05) is 12.3 Å². The Balaban J connectivity index is 2.09. The van der Waals surface area contributed by atoms with E-state index in [4.69, 9.17) is 17.3 Å². The van der Waals surface area contributed by atoms with Crippen molar-refractivity contribution in [3.63, 3.8) is 0 Å². The molecule has 0 bridgehead atoms. The average Bonchev–Trinajstić information content (AvgIpc) is 2.62. The van der Waals surface area contributed by atoms with Crippen LogP contribution < -0.4 is 5.73 Å². The number of hydrogen-bond donors (Lipinski definition) is 1. The Morgan fingerprint density at radius 3 is 2.84 bits per heavy atom. The first-order valence-electron chi connectivity index (χ1n) is 6.08. The molecule has 0 saturated carbocycles. The van der Waals surface area contributed by atoms with Crippen molar-refractivity contribution < 1.29 is 9.59 Å². The first-order valence-corrected chi connectivity index (χ1v) is 7.34. The number of rotatable bonds is 4. The van der Waals surface area contributed by atoms with Crippen LogP contribution in [0, 0.1) is 0 Å². The van der Waals surface area contributed by atoms with Gasteiger partial charge in [0.1, 0.15) is 0 Å². The van der Waals surface area contributed by atoms with E-state index in [0.29, 0.717) is 17.3 Å². The number of carbonyl (C=O) groups excluding carboxylic acids is 2. The number of likely N-dealkylation sites (tertiary alicyclic amines) is 1. The van der Waals surface area contributed by atoms with E-state index in [2.05, 4.69) is 0 Å². The van der Waals surface area contributed by atoms with Gasteiger partial charge in [-0.15, -0.1) is 11.8 Å². The average molecular weight is 299 g/mol. The first-order chi connectivity index (χ1) is 9.02. The van der Waals surface area contributed by atoms with Gasteiger partial charge in [-0.3, -0.25) is 14.5 Å². The van der Waals surface area contributed by atoms with Crippen molar-refractivity contribution in [1.29, 1.82) is 0 Å². The quantitative estimate of drug-likeness (QED) is 0.685. The molecular weight excluding hydrogens is 284 g/mol. The van der Waals surface area contributed by atoms with Crippen LogP contribution in [0.1, 0.15) is 19.8 Å². The molecule has 1 aliphatic rings. The molecule has 1 unspecified atom stereocenters. The lowest BCUT2D eigenvalue weighted by atomic mass is 10.3. The number of halogens is 1. The number of hydrogen-bond acceptors (Lipinski definition) is 4. The minimum Gasteiger partial charge on any atom is -0.398 e. The third kappa shape index (κ3) is 3.04. The van der Waals surface area contributed by atoms with Gasteiger partial charge in [-0.05, 0) is 24.6 Å². The molecule has 2 amide bonds. The first kappa shape index (κ1) is 14.2.